The summed E-state index contributed by atoms with van der Waals surface area (Å²) in [7, 11) is 3.50. The lowest BCUT2D eigenvalue weighted by Gasteiger charge is -2.40. The van der Waals surface area contributed by atoms with E-state index in [9.17, 15) is 14.7 Å². The molecule has 4 nitrogen and oxygen atoms in total. The van der Waals surface area contributed by atoms with E-state index in [-0.39, 0.29) is 5.78 Å². The van der Waals surface area contributed by atoms with Gasteiger partial charge in [0.2, 0.25) is 0 Å². The Bertz CT molecular complexity index is 306. The summed E-state index contributed by atoms with van der Waals surface area (Å²) < 4.78 is 0. The molecular weight excluding hydrogens is 218 g/mol. The Morgan fingerprint density at radius 3 is 1.82 bits per heavy atom. The smallest absolute Gasteiger partial charge is 0.321 e. The van der Waals surface area contributed by atoms with Crippen molar-refractivity contribution in [2.75, 3.05) is 14.1 Å². The number of carbonyl (C=O) groups excluding carboxylic acids is 1. The van der Waals surface area contributed by atoms with E-state index in [1.807, 2.05) is 27.7 Å². The van der Waals surface area contributed by atoms with Crippen LogP contribution in [0.2, 0.25) is 0 Å². The van der Waals surface area contributed by atoms with E-state index in [4.69, 9.17) is 0 Å². The Labute approximate surface area is 104 Å². The molecule has 0 aliphatic rings. The first-order chi connectivity index (χ1) is 7.42. The number of carboxylic acid groups (broad SMARTS) is 1. The van der Waals surface area contributed by atoms with Crippen LogP contribution in [0.25, 0.3) is 0 Å². The van der Waals surface area contributed by atoms with Gasteiger partial charge in [0, 0.05) is 5.41 Å². The molecule has 17 heavy (non-hydrogen) atoms. The molecule has 1 unspecified atom stereocenters. The van der Waals surface area contributed by atoms with Crippen LogP contribution < -0.4 is 0 Å². The predicted octanol–water partition coefficient (Wildman–Crippen LogP) is 2.03. The fourth-order valence-corrected chi connectivity index (χ4v) is 2.61. The van der Waals surface area contributed by atoms with Crippen molar-refractivity contribution in [3.63, 3.8) is 0 Å². The number of rotatable bonds is 6. The monoisotopic (exact) mass is 243 g/mol. The molecule has 1 atom stereocenters. The summed E-state index contributed by atoms with van der Waals surface area (Å²) in [4.78, 5) is 24.6. The second-order valence-corrected chi connectivity index (χ2v) is 6.31. The first-order valence-electron chi connectivity index (χ1n) is 5.82. The largest absolute Gasteiger partial charge is 0.480 e. The van der Waals surface area contributed by atoms with Crippen molar-refractivity contribution < 1.29 is 14.7 Å². The highest BCUT2D eigenvalue weighted by Gasteiger charge is 2.42. The van der Waals surface area contributed by atoms with E-state index >= 15 is 0 Å². The number of nitrogens with zero attached hydrogens (tertiary/aromatic N) is 1. The Hall–Kier alpha value is -0.900. The van der Waals surface area contributed by atoms with Gasteiger partial charge in [0.15, 0.2) is 0 Å². The topological polar surface area (TPSA) is 57.6 Å². The summed E-state index contributed by atoms with van der Waals surface area (Å²) in [6.07, 6.45) is 0.546. The minimum absolute atomic E-state index is 0.0912. The lowest BCUT2D eigenvalue weighted by molar-refractivity contribution is -0.148. The van der Waals surface area contributed by atoms with Gasteiger partial charge in [0.1, 0.15) is 11.8 Å². The maximum atomic E-state index is 11.5. The third-order valence-electron chi connectivity index (χ3n) is 3.34. The molecule has 1 N–H and O–H groups in total. The number of ketones is 1. The van der Waals surface area contributed by atoms with Crippen molar-refractivity contribution in [3.05, 3.63) is 0 Å². The molecule has 0 amide bonds. The van der Waals surface area contributed by atoms with E-state index in [0.29, 0.717) is 6.42 Å². The van der Waals surface area contributed by atoms with Gasteiger partial charge in [-0.05, 0) is 32.9 Å². The number of hydrogen-bond donors (Lipinski definition) is 1. The summed E-state index contributed by atoms with van der Waals surface area (Å²) in [5, 5.41) is 9.29. The molecule has 0 aromatic rings. The van der Waals surface area contributed by atoms with Gasteiger partial charge in [-0.3, -0.25) is 14.5 Å². The zero-order valence-corrected chi connectivity index (χ0v) is 12.0. The lowest BCUT2D eigenvalue weighted by Crippen LogP contribution is -2.49. The van der Waals surface area contributed by atoms with Gasteiger partial charge in [0.05, 0.1) is 0 Å². The fourth-order valence-electron chi connectivity index (χ4n) is 2.61. The van der Waals surface area contributed by atoms with Crippen LogP contribution in [0, 0.1) is 10.8 Å². The Morgan fingerprint density at radius 2 is 1.59 bits per heavy atom. The minimum atomic E-state index is -0.848. The molecule has 0 heterocycles. The highest BCUT2D eigenvalue weighted by molar-refractivity contribution is 5.82. The van der Waals surface area contributed by atoms with Crippen LogP contribution in [-0.4, -0.2) is 41.9 Å². The first-order valence-corrected chi connectivity index (χ1v) is 5.82. The molecule has 100 valence electrons. The second kappa shape index (κ2) is 5.17. The van der Waals surface area contributed by atoms with Gasteiger partial charge in [-0.25, -0.2) is 0 Å². The van der Waals surface area contributed by atoms with Gasteiger partial charge < -0.3 is 5.11 Å². The van der Waals surface area contributed by atoms with Crippen LogP contribution in [0.15, 0.2) is 0 Å². The highest BCUT2D eigenvalue weighted by atomic mass is 16.4. The van der Waals surface area contributed by atoms with Gasteiger partial charge >= 0.3 is 5.97 Å². The molecule has 4 heteroatoms. The van der Waals surface area contributed by atoms with Crippen LogP contribution >= 0.6 is 0 Å². The molecule has 0 radical (unpaired) electrons. The summed E-state index contributed by atoms with van der Waals surface area (Å²) >= 11 is 0. The van der Waals surface area contributed by atoms with Gasteiger partial charge in [-0.15, -0.1) is 0 Å². The SMILES string of the molecule is CC(=O)C(C)(C)CC(C)(C)C(C(=O)O)N(C)C. The van der Waals surface area contributed by atoms with Crippen LogP contribution in [0.4, 0.5) is 0 Å². The van der Waals surface area contributed by atoms with Crippen molar-refractivity contribution in [1.82, 2.24) is 4.90 Å². The summed E-state index contributed by atoms with van der Waals surface area (Å²) in [6.45, 7) is 9.09. The molecule has 0 spiro atoms. The normalized spacial score (nSPS) is 14.8. The third-order valence-corrected chi connectivity index (χ3v) is 3.34. The van der Waals surface area contributed by atoms with E-state index < -0.39 is 22.8 Å². The van der Waals surface area contributed by atoms with Gasteiger partial charge in [-0.2, -0.15) is 0 Å². The third kappa shape index (κ3) is 4.11. The molecule has 0 fully saturated rings. The van der Waals surface area contributed by atoms with E-state index in [1.165, 1.54) is 0 Å². The van der Waals surface area contributed by atoms with E-state index in [2.05, 4.69) is 0 Å². The van der Waals surface area contributed by atoms with Crippen molar-refractivity contribution in [1.29, 1.82) is 0 Å². The Kier molecular flexibility index (Phi) is 4.90. The molecule has 0 aliphatic heterocycles. The van der Waals surface area contributed by atoms with Crippen LogP contribution in [-0.2, 0) is 9.59 Å². The highest BCUT2D eigenvalue weighted by Crippen LogP contribution is 2.38. The summed E-state index contributed by atoms with van der Waals surface area (Å²) in [6, 6.07) is -0.596. The lowest BCUT2D eigenvalue weighted by atomic mass is 9.69. The zero-order valence-electron chi connectivity index (χ0n) is 12.0. The van der Waals surface area contributed by atoms with E-state index in [1.54, 1.807) is 25.9 Å². The number of likely N-dealkylation sites (N-methyl/N-ethyl adjacent to an activating group) is 1. The average molecular weight is 243 g/mol. The quantitative estimate of drug-likeness (QED) is 0.775. The molecule has 0 bridgehead atoms. The number of carboxylic acids is 1. The molecule has 0 aromatic heterocycles. The van der Waals surface area contributed by atoms with Crippen LogP contribution in [0.3, 0.4) is 0 Å². The maximum absolute atomic E-state index is 11.5. The number of Topliss-reactive ketones (excluding diaryl/α,β-unsaturated/α-hetero) is 1. The summed E-state index contributed by atoms with van der Waals surface area (Å²) in [5.41, 5.74) is -0.961. The van der Waals surface area contributed by atoms with Crippen molar-refractivity contribution in [2.45, 2.75) is 47.1 Å². The Balaban J connectivity index is 5.12. The first kappa shape index (κ1) is 16.1. The molecular formula is C13H25NO3. The summed E-state index contributed by atoms with van der Waals surface area (Å²) in [5.74, 6) is -0.757. The molecule has 0 saturated heterocycles. The molecule has 0 saturated carbocycles. The van der Waals surface area contributed by atoms with Gasteiger partial charge in [-0.1, -0.05) is 27.7 Å². The minimum Gasteiger partial charge on any atom is -0.480 e. The standard InChI is InChI=1S/C13H25NO3/c1-9(15)12(2,3)8-13(4,5)10(11(16)17)14(6)7/h10H,8H2,1-7H3,(H,16,17). The van der Waals surface area contributed by atoms with E-state index in [0.717, 1.165) is 0 Å². The molecule has 0 aliphatic carbocycles. The number of carbonyl (C=O) groups is 2. The second-order valence-electron chi connectivity index (χ2n) is 6.31. The van der Waals surface area contributed by atoms with Crippen LogP contribution in [0.5, 0.6) is 0 Å². The Morgan fingerprint density at radius 1 is 1.18 bits per heavy atom. The number of aliphatic carboxylic acids is 1. The molecule has 0 rings (SSSR count). The van der Waals surface area contributed by atoms with Crippen molar-refractivity contribution in [2.24, 2.45) is 10.8 Å². The van der Waals surface area contributed by atoms with Gasteiger partial charge in [0.25, 0.3) is 0 Å². The average Bonchev–Trinajstić information content (AvgIpc) is 1.97. The zero-order chi connectivity index (χ0) is 14.0. The van der Waals surface area contributed by atoms with Crippen molar-refractivity contribution >= 4 is 11.8 Å². The van der Waals surface area contributed by atoms with Crippen molar-refractivity contribution in [3.8, 4) is 0 Å². The fraction of sp³-hybridized carbons (Fsp3) is 0.846. The number of hydrogen-bond acceptors (Lipinski definition) is 3. The maximum Gasteiger partial charge on any atom is 0.321 e. The van der Waals surface area contributed by atoms with Crippen LogP contribution in [0.1, 0.15) is 41.0 Å². The predicted molar refractivity (Wildman–Crippen MR) is 68.0 cm³/mol. The molecule has 0 aromatic carbocycles.